The number of ether oxygens (including phenoxy) is 1. The third-order valence-corrected chi connectivity index (χ3v) is 3.55. The number of hydrogen-bond acceptors (Lipinski definition) is 3. The minimum absolute atomic E-state index is 0.251. The summed E-state index contributed by atoms with van der Waals surface area (Å²) in [5.41, 5.74) is -0.340. The number of alkyl halides is 3. The highest BCUT2D eigenvalue weighted by atomic mass is 19.4. The molecule has 0 atom stereocenters. The third kappa shape index (κ3) is 3.64. The van der Waals surface area contributed by atoms with Gasteiger partial charge in [-0.3, -0.25) is 0 Å². The van der Waals surface area contributed by atoms with E-state index in [2.05, 4.69) is 10.2 Å². The summed E-state index contributed by atoms with van der Waals surface area (Å²) in [6.07, 6.45) is -3.99. The summed E-state index contributed by atoms with van der Waals surface area (Å²) < 4.78 is 44.2. The van der Waals surface area contributed by atoms with E-state index in [9.17, 15) is 13.2 Å². The molecule has 1 aliphatic rings. The fraction of sp³-hybridized carbons (Fsp3) is 0.571. The third-order valence-electron chi connectivity index (χ3n) is 3.55. The van der Waals surface area contributed by atoms with Crippen LogP contribution in [0.2, 0.25) is 0 Å². The van der Waals surface area contributed by atoms with Crippen LogP contribution in [-0.2, 0) is 12.6 Å². The first-order valence-electron chi connectivity index (χ1n) is 6.68. The van der Waals surface area contributed by atoms with Crippen LogP contribution in [0.25, 0.3) is 0 Å². The molecule has 0 unspecified atom stereocenters. The molecule has 0 amide bonds. The first-order valence-corrected chi connectivity index (χ1v) is 6.68. The lowest BCUT2D eigenvalue weighted by Gasteiger charge is -2.27. The number of halogens is 3. The van der Waals surface area contributed by atoms with Crippen LogP contribution in [0.1, 0.15) is 11.1 Å². The van der Waals surface area contributed by atoms with Crippen LogP contribution in [0.4, 0.5) is 13.2 Å². The molecule has 2 rings (SSSR count). The van der Waals surface area contributed by atoms with Crippen LogP contribution in [0.15, 0.2) is 18.2 Å². The van der Waals surface area contributed by atoms with Crippen LogP contribution >= 0.6 is 0 Å². The molecule has 0 spiro atoms. The van der Waals surface area contributed by atoms with Gasteiger partial charge in [0.05, 0.1) is 12.7 Å². The molecule has 20 heavy (non-hydrogen) atoms. The smallest absolute Gasteiger partial charge is 0.416 e. The van der Waals surface area contributed by atoms with E-state index in [0.717, 1.165) is 32.2 Å². The van der Waals surface area contributed by atoms with Crippen molar-refractivity contribution < 1.29 is 17.9 Å². The van der Waals surface area contributed by atoms with E-state index in [4.69, 9.17) is 4.74 Å². The van der Waals surface area contributed by atoms with Crippen molar-refractivity contribution in [1.29, 1.82) is 0 Å². The minimum atomic E-state index is -4.34. The molecule has 0 saturated carbocycles. The number of piperazine rings is 1. The molecule has 1 aromatic carbocycles. The fourth-order valence-corrected chi connectivity index (χ4v) is 2.49. The standard InChI is InChI=1S/C14H19F3N2O/c1-20-13-4-2-3-12(14(15,16)17)11(13)5-8-19-9-6-18-7-10-19/h2-4,18H,5-10H2,1H3. The van der Waals surface area contributed by atoms with E-state index in [1.54, 1.807) is 6.07 Å². The second-order valence-electron chi connectivity index (χ2n) is 4.83. The fourth-order valence-electron chi connectivity index (χ4n) is 2.49. The Morgan fingerprint density at radius 2 is 1.95 bits per heavy atom. The Morgan fingerprint density at radius 3 is 2.55 bits per heavy atom. The Labute approximate surface area is 116 Å². The van der Waals surface area contributed by atoms with Crippen molar-refractivity contribution >= 4 is 0 Å². The predicted octanol–water partition coefficient (Wildman–Crippen LogP) is 2.16. The van der Waals surface area contributed by atoms with Gasteiger partial charge in [0.15, 0.2) is 0 Å². The molecule has 1 N–H and O–H groups in total. The second kappa shape index (κ2) is 6.45. The Hall–Kier alpha value is -1.27. The van der Waals surface area contributed by atoms with Crippen LogP contribution in [0.3, 0.4) is 0 Å². The maximum absolute atomic E-state index is 13.1. The number of nitrogens with one attached hydrogen (secondary N) is 1. The van der Waals surface area contributed by atoms with Gasteiger partial charge in [0.1, 0.15) is 5.75 Å². The van der Waals surface area contributed by atoms with E-state index >= 15 is 0 Å². The van der Waals surface area contributed by atoms with Crippen molar-refractivity contribution in [3.8, 4) is 5.75 Å². The van der Waals surface area contributed by atoms with E-state index in [-0.39, 0.29) is 5.56 Å². The van der Waals surface area contributed by atoms with Crippen molar-refractivity contribution in [2.24, 2.45) is 0 Å². The minimum Gasteiger partial charge on any atom is -0.496 e. The van der Waals surface area contributed by atoms with Gasteiger partial charge in [-0.1, -0.05) is 6.07 Å². The van der Waals surface area contributed by atoms with Gasteiger partial charge in [-0.05, 0) is 18.6 Å². The molecular formula is C14H19F3N2O. The maximum Gasteiger partial charge on any atom is 0.416 e. The number of rotatable bonds is 4. The Morgan fingerprint density at radius 1 is 1.25 bits per heavy atom. The van der Waals surface area contributed by atoms with Gasteiger partial charge in [0, 0.05) is 38.3 Å². The van der Waals surface area contributed by atoms with Gasteiger partial charge >= 0.3 is 6.18 Å². The molecule has 112 valence electrons. The lowest BCUT2D eigenvalue weighted by molar-refractivity contribution is -0.138. The van der Waals surface area contributed by atoms with Crippen LogP contribution in [0, 0.1) is 0 Å². The summed E-state index contributed by atoms with van der Waals surface area (Å²) >= 11 is 0. The summed E-state index contributed by atoms with van der Waals surface area (Å²) in [4.78, 5) is 2.17. The van der Waals surface area contributed by atoms with Crippen molar-refractivity contribution in [2.45, 2.75) is 12.6 Å². The molecule has 0 aromatic heterocycles. The van der Waals surface area contributed by atoms with Crippen LogP contribution in [0.5, 0.6) is 5.75 Å². The Bertz CT molecular complexity index is 443. The monoisotopic (exact) mass is 288 g/mol. The topological polar surface area (TPSA) is 24.5 Å². The molecule has 0 radical (unpaired) electrons. The number of hydrogen-bond donors (Lipinski definition) is 1. The quantitative estimate of drug-likeness (QED) is 0.919. The number of methoxy groups -OCH3 is 1. The van der Waals surface area contributed by atoms with Gasteiger partial charge in [0.25, 0.3) is 0 Å². The van der Waals surface area contributed by atoms with Gasteiger partial charge in [-0.15, -0.1) is 0 Å². The molecule has 0 aliphatic carbocycles. The summed E-state index contributed by atoms with van der Waals surface area (Å²) in [7, 11) is 1.41. The average molecular weight is 288 g/mol. The Kier molecular flexibility index (Phi) is 4.88. The zero-order chi connectivity index (χ0) is 14.6. The number of benzene rings is 1. The lowest BCUT2D eigenvalue weighted by Crippen LogP contribution is -2.44. The summed E-state index contributed by atoms with van der Waals surface area (Å²) in [5, 5.41) is 3.22. The van der Waals surface area contributed by atoms with Crippen molar-refractivity contribution in [3.05, 3.63) is 29.3 Å². The highest BCUT2D eigenvalue weighted by molar-refractivity contribution is 5.42. The largest absolute Gasteiger partial charge is 0.496 e. The van der Waals surface area contributed by atoms with Gasteiger partial charge in [-0.2, -0.15) is 13.2 Å². The zero-order valence-corrected chi connectivity index (χ0v) is 11.5. The summed E-state index contributed by atoms with van der Waals surface area (Å²) in [6, 6.07) is 4.09. The lowest BCUT2D eigenvalue weighted by atomic mass is 10.0. The SMILES string of the molecule is COc1cccc(C(F)(F)F)c1CCN1CCNCC1. The maximum atomic E-state index is 13.1. The van der Waals surface area contributed by atoms with E-state index in [1.165, 1.54) is 13.2 Å². The van der Waals surface area contributed by atoms with E-state index in [0.29, 0.717) is 18.7 Å². The molecule has 1 heterocycles. The molecule has 1 aliphatic heterocycles. The van der Waals surface area contributed by atoms with Crippen LogP contribution in [-0.4, -0.2) is 44.7 Å². The highest BCUT2D eigenvalue weighted by Crippen LogP contribution is 2.36. The van der Waals surface area contributed by atoms with Crippen LogP contribution < -0.4 is 10.1 Å². The second-order valence-corrected chi connectivity index (χ2v) is 4.83. The Balaban J connectivity index is 2.15. The molecule has 1 fully saturated rings. The van der Waals surface area contributed by atoms with Gasteiger partial charge in [-0.25, -0.2) is 0 Å². The first kappa shape index (κ1) is 15.1. The molecule has 1 aromatic rings. The summed E-state index contributed by atoms with van der Waals surface area (Å²) in [6.45, 7) is 4.13. The van der Waals surface area contributed by atoms with Crippen molar-refractivity contribution in [2.75, 3.05) is 39.8 Å². The van der Waals surface area contributed by atoms with Gasteiger partial charge in [0.2, 0.25) is 0 Å². The first-order chi connectivity index (χ1) is 9.52. The molecular weight excluding hydrogens is 269 g/mol. The molecule has 1 saturated heterocycles. The van der Waals surface area contributed by atoms with Crippen molar-refractivity contribution in [3.63, 3.8) is 0 Å². The average Bonchev–Trinajstić information content (AvgIpc) is 2.44. The summed E-state index contributed by atoms with van der Waals surface area (Å²) in [5.74, 6) is 0.315. The molecule has 6 heteroatoms. The molecule has 3 nitrogen and oxygen atoms in total. The predicted molar refractivity (Wildman–Crippen MR) is 71.0 cm³/mol. The zero-order valence-electron chi connectivity index (χ0n) is 11.5. The normalized spacial score (nSPS) is 17.2. The van der Waals surface area contributed by atoms with E-state index < -0.39 is 11.7 Å². The molecule has 0 bridgehead atoms. The number of nitrogens with zero attached hydrogens (tertiary/aromatic N) is 1. The van der Waals surface area contributed by atoms with Gasteiger partial charge < -0.3 is 15.0 Å². The highest BCUT2D eigenvalue weighted by Gasteiger charge is 2.34. The van der Waals surface area contributed by atoms with Crippen molar-refractivity contribution in [1.82, 2.24) is 10.2 Å². The van der Waals surface area contributed by atoms with E-state index in [1.807, 2.05) is 0 Å².